The van der Waals surface area contributed by atoms with Crippen LogP contribution in [0.5, 0.6) is 0 Å². The van der Waals surface area contributed by atoms with Crippen molar-refractivity contribution in [2.24, 2.45) is 0 Å². The highest BCUT2D eigenvalue weighted by Gasteiger charge is 2.38. The lowest BCUT2D eigenvalue weighted by molar-refractivity contribution is -0.0743. The van der Waals surface area contributed by atoms with Crippen LogP contribution >= 0.6 is 0 Å². The first-order valence-corrected chi connectivity index (χ1v) is 7.25. The molecule has 0 atom stereocenters. The lowest BCUT2D eigenvalue weighted by atomic mass is 9.91. The second-order valence-electron chi connectivity index (χ2n) is 5.57. The van der Waals surface area contributed by atoms with Gasteiger partial charge in [0.1, 0.15) is 5.82 Å². The van der Waals surface area contributed by atoms with Gasteiger partial charge in [0.15, 0.2) is 5.76 Å². The van der Waals surface area contributed by atoms with Crippen LogP contribution in [0.15, 0.2) is 34.9 Å². The van der Waals surface area contributed by atoms with Crippen LogP contribution in [0.1, 0.15) is 19.0 Å². The standard InChI is InChI=1S/C16H19FN2O2/c1-2-7-18-16(10-20-11-16)9-14-8-15(21-19-14)12-3-5-13(17)6-4-12/h3-6,8,18H,2,7,9-11H2,1H3. The van der Waals surface area contributed by atoms with E-state index in [0.29, 0.717) is 19.0 Å². The maximum atomic E-state index is 12.9. The number of hydrogen-bond donors (Lipinski definition) is 1. The maximum absolute atomic E-state index is 12.9. The fourth-order valence-corrected chi connectivity index (χ4v) is 2.50. The Balaban J connectivity index is 1.71. The van der Waals surface area contributed by atoms with Gasteiger partial charge < -0.3 is 14.6 Å². The topological polar surface area (TPSA) is 47.3 Å². The maximum Gasteiger partial charge on any atom is 0.167 e. The summed E-state index contributed by atoms with van der Waals surface area (Å²) in [6.45, 7) is 4.51. The molecule has 1 fully saturated rings. The second-order valence-corrected chi connectivity index (χ2v) is 5.57. The summed E-state index contributed by atoms with van der Waals surface area (Å²) in [5, 5.41) is 7.66. The molecule has 3 rings (SSSR count). The van der Waals surface area contributed by atoms with Crippen molar-refractivity contribution in [2.45, 2.75) is 25.3 Å². The van der Waals surface area contributed by atoms with Crippen molar-refractivity contribution in [3.8, 4) is 11.3 Å². The van der Waals surface area contributed by atoms with Crippen LogP contribution in [0.3, 0.4) is 0 Å². The number of nitrogens with one attached hydrogen (secondary N) is 1. The Hall–Kier alpha value is -1.72. The number of halogens is 1. The van der Waals surface area contributed by atoms with E-state index in [-0.39, 0.29) is 11.4 Å². The summed E-state index contributed by atoms with van der Waals surface area (Å²) < 4.78 is 23.7. The third-order valence-corrected chi connectivity index (χ3v) is 3.71. The van der Waals surface area contributed by atoms with E-state index in [1.165, 1.54) is 12.1 Å². The molecular formula is C16H19FN2O2. The first-order valence-electron chi connectivity index (χ1n) is 7.25. The monoisotopic (exact) mass is 290 g/mol. The van der Waals surface area contributed by atoms with E-state index in [9.17, 15) is 4.39 Å². The van der Waals surface area contributed by atoms with Crippen molar-refractivity contribution < 1.29 is 13.7 Å². The van der Waals surface area contributed by atoms with Gasteiger partial charge in [-0.25, -0.2) is 4.39 Å². The molecule has 1 aliphatic heterocycles. The molecule has 1 aliphatic rings. The molecule has 0 unspecified atom stereocenters. The highest BCUT2D eigenvalue weighted by atomic mass is 19.1. The molecule has 0 radical (unpaired) electrons. The lowest BCUT2D eigenvalue weighted by Crippen LogP contribution is -2.62. The first-order chi connectivity index (χ1) is 10.2. The van der Waals surface area contributed by atoms with Gasteiger partial charge in [0.25, 0.3) is 0 Å². The minimum Gasteiger partial charge on any atom is -0.377 e. The van der Waals surface area contributed by atoms with Crippen molar-refractivity contribution in [1.29, 1.82) is 0 Å². The molecule has 0 aliphatic carbocycles. The number of nitrogens with zero attached hydrogens (tertiary/aromatic N) is 1. The summed E-state index contributed by atoms with van der Waals surface area (Å²) >= 11 is 0. The van der Waals surface area contributed by atoms with Crippen molar-refractivity contribution in [2.75, 3.05) is 19.8 Å². The molecule has 0 amide bonds. The molecule has 1 aromatic carbocycles. The van der Waals surface area contributed by atoms with E-state index < -0.39 is 0 Å². The van der Waals surface area contributed by atoms with Crippen LogP contribution in [0.25, 0.3) is 11.3 Å². The van der Waals surface area contributed by atoms with Crippen LogP contribution in [-0.2, 0) is 11.2 Å². The van der Waals surface area contributed by atoms with E-state index in [0.717, 1.165) is 30.6 Å². The van der Waals surface area contributed by atoms with E-state index in [1.54, 1.807) is 12.1 Å². The Morgan fingerprint density at radius 3 is 2.67 bits per heavy atom. The van der Waals surface area contributed by atoms with E-state index in [4.69, 9.17) is 9.26 Å². The summed E-state index contributed by atoms with van der Waals surface area (Å²) in [5.74, 6) is 0.406. The molecule has 21 heavy (non-hydrogen) atoms. The predicted molar refractivity (Wildman–Crippen MR) is 77.4 cm³/mol. The number of hydrogen-bond acceptors (Lipinski definition) is 4. The average Bonchev–Trinajstić information content (AvgIpc) is 2.91. The molecule has 1 aromatic heterocycles. The second kappa shape index (κ2) is 5.95. The molecule has 112 valence electrons. The Morgan fingerprint density at radius 1 is 1.29 bits per heavy atom. The van der Waals surface area contributed by atoms with E-state index in [1.807, 2.05) is 6.07 Å². The quantitative estimate of drug-likeness (QED) is 0.888. The Bertz CT molecular complexity index is 591. The number of benzene rings is 1. The van der Waals surface area contributed by atoms with Crippen LogP contribution in [0, 0.1) is 5.82 Å². The molecule has 2 heterocycles. The summed E-state index contributed by atoms with van der Waals surface area (Å²) in [6, 6.07) is 8.14. The molecular weight excluding hydrogens is 271 g/mol. The van der Waals surface area contributed by atoms with Gasteiger partial charge in [-0.1, -0.05) is 12.1 Å². The molecule has 4 nitrogen and oxygen atoms in total. The van der Waals surface area contributed by atoms with Gasteiger partial charge in [0.05, 0.1) is 24.4 Å². The molecule has 0 bridgehead atoms. The van der Waals surface area contributed by atoms with Gasteiger partial charge in [-0.05, 0) is 37.2 Å². The van der Waals surface area contributed by atoms with Gasteiger partial charge >= 0.3 is 0 Å². The summed E-state index contributed by atoms with van der Waals surface area (Å²) in [5.41, 5.74) is 1.70. The predicted octanol–water partition coefficient (Wildman–Crippen LogP) is 2.79. The summed E-state index contributed by atoms with van der Waals surface area (Å²) in [4.78, 5) is 0. The molecule has 0 spiro atoms. The van der Waals surface area contributed by atoms with Crippen LogP contribution in [0.2, 0.25) is 0 Å². The SMILES string of the molecule is CCCNC1(Cc2cc(-c3ccc(F)cc3)on2)COC1. The van der Waals surface area contributed by atoms with Crippen LogP contribution < -0.4 is 5.32 Å². The Kier molecular flexibility index (Phi) is 4.03. The van der Waals surface area contributed by atoms with Gasteiger partial charge in [-0.15, -0.1) is 0 Å². The van der Waals surface area contributed by atoms with Crippen molar-refractivity contribution >= 4 is 0 Å². The van der Waals surface area contributed by atoms with Gasteiger partial charge in [0, 0.05) is 18.1 Å². The van der Waals surface area contributed by atoms with Crippen molar-refractivity contribution in [3.63, 3.8) is 0 Å². The minimum absolute atomic E-state index is 0.0209. The highest BCUT2D eigenvalue weighted by Crippen LogP contribution is 2.26. The molecule has 0 saturated carbocycles. The fourth-order valence-electron chi connectivity index (χ4n) is 2.50. The first kappa shape index (κ1) is 14.2. The third kappa shape index (κ3) is 3.14. The zero-order valence-corrected chi connectivity index (χ0v) is 12.1. The van der Waals surface area contributed by atoms with Crippen molar-refractivity contribution in [1.82, 2.24) is 10.5 Å². The molecule has 2 aromatic rings. The Morgan fingerprint density at radius 2 is 2.05 bits per heavy atom. The number of aromatic nitrogens is 1. The summed E-state index contributed by atoms with van der Waals surface area (Å²) in [6.07, 6.45) is 1.86. The van der Waals surface area contributed by atoms with Crippen LogP contribution in [0.4, 0.5) is 4.39 Å². The van der Waals surface area contributed by atoms with Gasteiger partial charge in [-0.3, -0.25) is 0 Å². The van der Waals surface area contributed by atoms with Crippen molar-refractivity contribution in [3.05, 3.63) is 41.8 Å². The Labute approximate surface area is 123 Å². The van der Waals surface area contributed by atoms with E-state index in [2.05, 4.69) is 17.4 Å². The zero-order valence-electron chi connectivity index (χ0n) is 12.1. The normalized spacial score (nSPS) is 16.7. The van der Waals surface area contributed by atoms with Gasteiger partial charge in [-0.2, -0.15) is 0 Å². The minimum atomic E-state index is -0.257. The number of ether oxygens (including phenoxy) is 1. The molecule has 5 heteroatoms. The largest absolute Gasteiger partial charge is 0.377 e. The lowest BCUT2D eigenvalue weighted by Gasteiger charge is -2.42. The summed E-state index contributed by atoms with van der Waals surface area (Å²) in [7, 11) is 0. The molecule has 1 N–H and O–H groups in total. The smallest absolute Gasteiger partial charge is 0.167 e. The molecule has 1 saturated heterocycles. The number of rotatable bonds is 6. The third-order valence-electron chi connectivity index (χ3n) is 3.71. The zero-order chi connectivity index (χ0) is 14.7. The van der Waals surface area contributed by atoms with Gasteiger partial charge in [0.2, 0.25) is 0 Å². The highest BCUT2D eigenvalue weighted by molar-refractivity contribution is 5.57. The fraction of sp³-hybridized carbons (Fsp3) is 0.438. The average molecular weight is 290 g/mol. The van der Waals surface area contributed by atoms with Crippen LogP contribution in [-0.4, -0.2) is 30.5 Å². The van der Waals surface area contributed by atoms with E-state index >= 15 is 0 Å².